The van der Waals surface area contributed by atoms with Gasteiger partial charge in [-0.25, -0.2) is 0 Å². The van der Waals surface area contributed by atoms with E-state index in [-0.39, 0.29) is 0 Å². The third-order valence-corrected chi connectivity index (χ3v) is 5.29. The smallest absolute Gasteiger partial charge is 0.115 e. The van der Waals surface area contributed by atoms with Gasteiger partial charge in [0.25, 0.3) is 0 Å². The van der Waals surface area contributed by atoms with E-state index in [0.717, 1.165) is 39.1 Å². The summed E-state index contributed by atoms with van der Waals surface area (Å²) in [5, 5.41) is 9.37. The standard InChI is InChI=1S/C23H30N2O/c1-20(9-10-22-11-13-23(26)14-12-22)25-18-16-24(17-19-25)15-5-8-21-6-3-2-4-7-21/h2-8,11-14,20,26H,9-10,15-19H2,1H3. The summed E-state index contributed by atoms with van der Waals surface area (Å²) in [5.41, 5.74) is 2.58. The van der Waals surface area contributed by atoms with Crippen molar-refractivity contribution in [1.29, 1.82) is 0 Å². The molecule has 0 aliphatic carbocycles. The molecule has 26 heavy (non-hydrogen) atoms. The fourth-order valence-electron chi connectivity index (χ4n) is 3.51. The van der Waals surface area contributed by atoms with Gasteiger partial charge in [0.1, 0.15) is 5.75 Å². The van der Waals surface area contributed by atoms with Crippen molar-refractivity contribution in [2.24, 2.45) is 0 Å². The Hall–Kier alpha value is -2.10. The molecule has 0 spiro atoms. The number of aromatic hydroxyl groups is 1. The van der Waals surface area contributed by atoms with Crippen LogP contribution < -0.4 is 0 Å². The SMILES string of the molecule is CC(CCc1ccc(O)cc1)N1CCN(CC=Cc2ccccc2)CC1. The number of hydrogen-bond acceptors (Lipinski definition) is 3. The van der Waals surface area contributed by atoms with E-state index in [9.17, 15) is 5.11 Å². The summed E-state index contributed by atoms with van der Waals surface area (Å²) >= 11 is 0. The molecule has 3 heteroatoms. The van der Waals surface area contributed by atoms with Crippen LogP contribution in [0.2, 0.25) is 0 Å². The third-order valence-electron chi connectivity index (χ3n) is 5.29. The zero-order chi connectivity index (χ0) is 18.2. The lowest BCUT2D eigenvalue weighted by Crippen LogP contribution is -2.49. The maximum Gasteiger partial charge on any atom is 0.115 e. The van der Waals surface area contributed by atoms with Gasteiger partial charge in [-0.1, -0.05) is 54.6 Å². The molecule has 1 heterocycles. The molecule has 0 radical (unpaired) electrons. The second kappa shape index (κ2) is 9.56. The van der Waals surface area contributed by atoms with Gasteiger partial charge in [-0.15, -0.1) is 0 Å². The lowest BCUT2D eigenvalue weighted by atomic mass is 10.0. The average Bonchev–Trinajstić information content (AvgIpc) is 2.69. The molecule has 2 aromatic rings. The van der Waals surface area contributed by atoms with Crippen LogP contribution in [0, 0.1) is 0 Å². The first-order valence-electron chi connectivity index (χ1n) is 9.66. The van der Waals surface area contributed by atoms with Crippen molar-refractivity contribution >= 4 is 6.08 Å². The minimum Gasteiger partial charge on any atom is -0.508 e. The summed E-state index contributed by atoms with van der Waals surface area (Å²) in [7, 11) is 0. The van der Waals surface area contributed by atoms with Gasteiger partial charge in [0, 0.05) is 38.8 Å². The Labute approximate surface area is 157 Å². The Bertz CT molecular complexity index is 673. The fourth-order valence-corrected chi connectivity index (χ4v) is 3.51. The summed E-state index contributed by atoms with van der Waals surface area (Å²) < 4.78 is 0. The Morgan fingerprint density at radius 3 is 2.35 bits per heavy atom. The van der Waals surface area contributed by atoms with E-state index in [1.54, 1.807) is 12.1 Å². The molecule has 0 aromatic heterocycles. The molecular weight excluding hydrogens is 320 g/mol. The van der Waals surface area contributed by atoms with Crippen molar-refractivity contribution in [2.45, 2.75) is 25.8 Å². The lowest BCUT2D eigenvalue weighted by molar-refractivity contribution is 0.106. The second-order valence-electron chi connectivity index (χ2n) is 7.20. The van der Waals surface area contributed by atoms with Gasteiger partial charge >= 0.3 is 0 Å². The molecule has 0 saturated carbocycles. The van der Waals surface area contributed by atoms with Gasteiger partial charge in [0.15, 0.2) is 0 Å². The zero-order valence-corrected chi connectivity index (χ0v) is 15.7. The van der Waals surface area contributed by atoms with Crippen LogP contribution in [0.5, 0.6) is 5.75 Å². The predicted molar refractivity (Wildman–Crippen MR) is 109 cm³/mol. The Kier molecular flexibility index (Phi) is 6.87. The van der Waals surface area contributed by atoms with Crippen LogP contribution in [0.1, 0.15) is 24.5 Å². The molecule has 3 rings (SSSR count). The Balaban J connectivity index is 1.37. The molecular formula is C23H30N2O. The first-order valence-corrected chi connectivity index (χ1v) is 9.66. The van der Waals surface area contributed by atoms with Crippen molar-refractivity contribution in [3.8, 4) is 5.75 Å². The number of rotatable bonds is 7. The molecule has 138 valence electrons. The van der Waals surface area contributed by atoms with Crippen LogP contribution >= 0.6 is 0 Å². The molecule has 0 bridgehead atoms. The minimum atomic E-state index is 0.347. The second-order valence-corrected chi connectivity index (χ2v) is 7.20. The summed E-state index contributed by atoms with van der Waals surface area (Å²) in [6.45, 7) is 7.95. The fraction of sp³-hybridized carbons (Fsp3) is 0.391. The normalized spacial score (nSPS) is 17.6. The van der Waals surface area contributed by atoms with E-state index in [1.807, 2.05) is 12.1 Å². The molecule has 1 unspecified atom stereocenters. The highest BCUT2D eigenvalue weighted by molar-refractivity contribution is 5.48. The molecule has 1 aliphatic rings. The van der Waals surface area contributed by atoms with Gasteiger partial charge in [0.2, 0.25) is 0 Å². The van der Waals surface area contributed by atoms with E-state index >= 15 is 0 Å². The van der Waals surface area contributed by atoms with E-state index in [0.29, 0.717) is 11.8 Å². The molecule has 3 nitrogen and oxygen atoms in total. The van der Waals surface area contributed by atoms with E-state index in [2.05, 4.69) is 59.2 Å². The molecule has 1 atom stereocenters. The Morgan fingerprint density at radius 1 is 0.962 bits per heavy atom. The van der Waals surface area contributed by atoms with Crippen molar-refractivity contribution < 1.29 is 5.11 Å². The first kappa shape index (κ1) is 18.7. The highest BCUT2D eigenvalue weighted by Gasteiger charge is 2.20. The van der Waals surface area contributed by atoms with Crippen LogP contribution in [-0.2, 0) is 6.42 Å². The maximum atomic E-state index is 9.37. The molecule has 2 aromatic carbocycles. The number of phenols is 1. The molecule has 1 saturated heterocycles. The van der Waals surface area contributed by atoms with E-state index in [1.165, 1.54) is 17.5 Å². The van der Waals surface area contributed by atoms with Gasteiger partial charge in [-0.05, 0) is 43.0 Å². The average molecular weight is 351 g/mol. The molecule has 0 amide bonds. The number of piperazine rings is 1. The first-order chi connectivity index (χ1) is 12.7. The van der Waals surface area contributed by atoms with Crippen molar-refractivity contribution in [3.05, 3.63) is 71.8 Å². The summed E-state index contributed by atoms with van der Waals surface area (Å²) in [6.07, 6.45) is 6.73. The van der Waals surface area contributed by atoms with Gasteiger partial charge in [-0.2, -0.15) is 0 Å². The number of benzene rings is 2. The predicted octanol–water partition coefficient (Wildman–Crippen LogP) is 4.04. The van der Waals surface area contributed by atoms with Crippen LogP contribution in [0.25, 0.3) is 6.08 Å². The van der Waals surface area contributed by atoms with Crippen LogP contribution in [0.3, 0.4) is 0 Å². The number of hydrogen-bond donors (Lipinski definition) is 1. The lowest BCUT2D eigenvalue weighted by Gasteiger charge is -2.37. The third kappa shape index (κ3) is 5.72. The number of nitrogens with zero attached hydrogens (tertiary/aromatic N) is 2. The highest BCUT2D eigenvalue weighted by Crippen LogP contribution is 2.15. The highest BCUT2D eigenvalue weighted by atomic mass is 16.3. The van der Waals surface area contributed by atoms with Crippen LogP contribution in [0.15, 0.2) is 60.7 Å². The molecule has 1 N–H and O–H groups in total. The molecule has 1 aliphatic heterocycles. The van der Waals surface area contributed by atoms with Gasteiger partial charge in [-0.3, -0.25) is 9.80 Å². The number of aryl methyl sites for hydroxylation is 1. The monoisotopic (exact) mass is 350 g/mol. The quantitative estimate of drug-likeness (QED) is 0.816. The summed E-state index contributed by atoms with van der Waals surface area (Å²) in [5.74, 6) is 0.347. The van der Waals surface area contributed by atoms with Crippen molar-refractivity contribution in [1.82, 2.24) is 9.80 Å². The van der Waals surface area contributed by atoms with Crippen LogP contribution in [0.4, 0.5) is 0 Å². The topological polar surface area (TPSA) is 26.7 Å². The summed E-state index contributed by atoms with van der Waals surface area (Å²) in [6, 6.07) is 18.7. The number of phenolic OH excluding ortho intramolecular Hbond substituents is 1. The maximum absolute atomic E-state index is 9.37. The van der Waals surface area contributed by atoms with Crippen molar-refractivity contribution in [3.63, 3.8) is 0 Å². The van der Waals surface area contributed by atoms with Gasteiger partial charge < -0.3 is 5.11 Å². The van der Waals surface area contributed by atoms with Gasteiger partial charge in [0.05, 0.1) is 0 Å². The molecule has 1 fully saturated rings. The Morgan fingerprint density at radius 2 is 1.65 bits per heavy atom. The van der Waals surface area contributed by atoms with Crippen molar-refractivity contribution in [2.75, 3.05) is 32.7 Å². The van der Waals surface area contributed by atoms with E-state index < -0.39 is 0 Å². The van der Waals surface area contributed by atoms with Crippen LogP contribution in [-0.4, -0.2) is 53.7 Å². The minimum absolute atomic E-state index is 0.347. The largest absolute Gasteiger partial charge is 0.508 e. The zero-order valence-electron chi connectivity index (χ0n) is 15.7. The van der Waals surface area contributed by atoms with E-state index in [4.69, 9.17) is 0 Å². The summed E-state index contributed by atoms with van der Waals surface area (Å²) in [4.78, 5) is 5.14.